The highest BCUT2D eigenvalue weighted by Gasteiger charge is 2.23. The highest BCUT2D eigenvalue weighted by atomic mass is 16.2. The van der Waals surface area contributed by atoms with Crippen molar-refractivity contribution in [3.8, 4) is 16.8 Å². The first-order chi connectivity index (χ1) is 18.8. The second-order valence-electron chi connectivity index (χ2n) is 11.1. The van der Waals surface area contributed by atoms with Gasteiger partial charge in [-0.05, 0) is 71.1 Å². The topological polar surface area (TPSA) is 100 Å². The molecule has 0 radical (unpaired) electrons. The van der Waals surface area contributed by atoms with E-state index in [1.165, 1.54) is 11.1 Å². The van der Waals surface area contributed by atoms with Crippen LogP contribution < -0.4 is 21.3 Å². The summed E-state index contributed by atoms with van der Waals surface area (Å²) in [6.45, 7) is 8.68. The first-order valence-corrected chi connectivity index (χ1v) is 13.3. The van der Waals surface area contributed by atoms with Gasteiger partial charge in [0.25, 0.3) is 5.91 Å². The fourth-order valence-electron chi connectivity index (χ4n) is 5.16. The molecule has 6 rings (SSSR count). The number of nitrogens with zero attached hydrogens (tertiary/aromatic N) is 2. The molecule has 0 bridgehead atoms. The molecule has 0 spiro atoms. The van der Waals surface area contributed by atoms with Crippen molar-refractivity contribution >= 4 is 23.4 Å². The lowest BCUT2D eigenvalue weighted by Gasteiger charge is -2.18. The number of benzene rings is 3. The van der Waals surface area contributed by atoms with Crippen molar-refractivity contribution in [2.24, 2.45) is 0 Å². The van der Waals surface area contributed by atoms with Crippen LogP contribution in [0.25, 0.3) is 16.8 Å². The fourth-order valence-corrected chi connectivity index (χ4v) is 5.16. The highest BCUT2D eigenvalue weighted by molar-refractivity contribution is 6.01. The SMILES string of the molecule is CC(C)(C)c1cc(NC(=O)Nc2ccc(-c3cccc4c3CNC4=O)cc2)n(-c2ccc3c(c2)CCNC3)n1. The maximum absolute atomic E-state index is 13.1. The lowest BCUT2D eigenvalue weighted by Crippen LogP contribution is -2.24. The molecule has 0 unspecified atom stereocenters. The molecule has 2 aliphatic rings. The average molecular weight is 521 g/mol. The Hall–Kier alpha value is -4.43. The van der Waals surface area contributed by atoms with Crippen molar-refractivity contribution in [3.63, 3.8) is 0 Å². The summed E-state index contributed by atoms with van der Waals surface area (Å²) in [5.74, 6) is 0.572. The minimum atomic E-state index is -0.345. The number of amides is 3. The van der Waals surface area contributed by atoms with Gasteiger partial charge in [0.15, 0.2) is 0 Å². The Morgan fingerprint density at radius 2 is 1.72 bits per heavy atom. The van der Waals surface area contributed by atoms with Gasteiger partial charge in [0.1, 0.15) is 5.82 Å². The van der Waals surface area contributed by atoms with Crippen molar-refractivity contribution in [3.05, 3.63) is 94.7 Å². The molecule has 3 heterocycles. The van der Waals surface area contributed by atoms with Gasteiger partial charge in [-0.3, -0.25) is 10.1 Å². The quantitative estimate of drug-likeness (QED) is 0.291. The number of aromatic nitrogens is 2. The Kier molecular flexibility index (Phi) is 6.19. The zero-order valence-electron chi connectivity index (χ0n) is 22.4. The van der Waals surface area contributed by atoms with E-state index in [2.05, 4.69) is 60.2 Å². The van der Waals surface area contributed by atoms with Crippen LogP contribution in [0.1, 0.15) is 53.5 Å². The molecule has 4 aromatic rings. The van der Waals surface area contributed by atoms with Gasteiger partial charge < -0.3 is 16.0 Å². The van der Waals surface area contributed by atoms with Gasteiger partial charge >= 0.3 is 6.03 Å². The van der Waals surface area contributed by atoms with E-state index in [0.717, 1.165) is 53.1 Å². The van der Waals surface area contributed by atoms with Crippen molar-refractivity contribution in [1.82, 2.24) is 20.4 Å². The first-order valence-electron chi connectivity index (χ1n) is 13.3. The smallest absolute Gasteiger partial charge is 0.324 e. The third kappa shape index (κ3) is 4.91. The third-order valence-corrected chi connectivity index (χ3v) is 7.34. The standard InChI is InChI=1S/C31H32N6O2/c1-31(2,3)27-16-28(37(36-27)23-12-9-21-17-32-14-13-20(21)15-23)35-30(39)34-22-10-7-19(8-11-22)24-5-4-6-25-26(24)18-33-29(25)38/h4-12,15-16,32H,13-14,17-18H2,1-3H3,(H,33,38)(H2,34,35,39). The largest absolute Gasteiger partial charge is 0.348 e. The molecule has 0 atom stereocenters. The Morgan fingerprint density at radius 3 is 2.51 bits per heavy atom. The fraction of sp³-hybridized carbons (Fsp3) is 0.258. The van der Waals surface area contributed by atoms with Crippen LogP contribution in [-0.4, -0.2) is 28.3 Å². The maximum Gasteiger partial charge on any atom is 0.324 e. The van der Waals surface area contributed by atoms with E-state index in [-0.39, 0.29) is 17.4 Å². The summed E-state index contributed by atoms with van der Waals surface area (Å²) in [6, 6.07) is 21.4. The summed E-state index contributed by atoms with van der Waals surface area (Å²) >= 11 is 0. The van der Waals surface area contributed by atoms with Gasteiger partial charge in [0.2, 0.25) is 0 Å². The molecule has 3 aromatic carbocycles. The van der Waals surface area contributed by atoms with Crippen LogP contribution in [0, 0.1) is 0 Å². The highest BCUT2D eigenvalue weighted by Crippen LogP contribution is 2.31. The number of carbonyl (C=O) groups excluding carboxylic acids is 2. The van der Waals surface area contributed by atoms with E-state index in [4.69, 9.17) is 5.10 Å². The molecule has 0 saturated heterocycles. The third-order valence-electron chi connectivity index (χ3n) is 7.34. The van der Waals surface area contributed by atoms with Crippen LogP contribution in [0.5, 0.6) is 0 Å². The van der Waals surface area contributed by atoms with Crippen LogP contribution >= 0.6 is 0 Å². The molecule has 198 valence electrons. The Morgan fingerprint density at radius 1 is 0.923 bits per heavy atom. The lowest BCUT2D eigenvalue weighted by atomic mass is 9.92. The molecule has 2 aliphatic heterocycles. The summed E-state index contributed by atoms with van der Waals surface area (Å²) in [5, 5.41) is 17.1. The van der Waals surface area contributed by atoms with Gasteiger partial charge in [0.05, 0.1) is 11.4 Å². The number of rotatable bonds is 4. The molecule has 39 heavy (non-hydrogen) atoms. The van der Waals surface area contributed by atoms with Gasteiger partial charge in [-0.25, -0.2) is 9.48 Å². The van der Waals surface area contributed by atoms with E-state index >= 15 is 0 Å². The Labute approximate surface area is 227 Å². The minimum absolute atomic E-state index is 0.0388. The van der Waals surface area contributed by atoms with Gasteiger partial charge in [0, 0.05) is 35.8 Å². The second kappa shape index (κ2) is 9.71. The van der Waals surface area contributed by atoms with Gasteiger partial charge in [-0.1, -0.05) is 51.1 Å². The summed E-state index contributed by atoms with van der Waals surface area (Å²) in [6.07, 6.45) is 0.967. The zero-order chi connectivity index (χ0) is 27.1. The van der Waals surface area contributed by atoms with Crippen molar-refractivity contribution in [1.29, 1.82) is 0 Å². The number of nitrogens with one attached hydrogen (secondary N) is 4. The molecule has 8 nitrogen and oxygen atoms in total. The van der Waals surface area contributed by atoms with Crippen LogP contribution in [-0.2, 0) is 24.9 Å². The van der Waals surface area contributed by atoms with Gasteiger partial charge in [-0.15, -0.1) is 0 Å². The molecular weight excluding hydrogens is 488 g/mol. The molecular formula is C31H32N6O2. The number of anilines is 2. The number of hydrogen-bond donors (Lipinski definition) is 4. The molecule has 1 aromatic heterocycles. The van der Waals surface area contributed by atoms with E-state index in [9.17, 15) is 9.59 Å². The first kappa shape index (κ1) is 24.9. The monoisotopic (exact) mass is 520 g/mol. The predicted octanol–water partition coefficient (Wildman–Crippen LogP) is 5.37. The summed E-state index contributed by atoms with van der Waals surface area (Å²) < 4.78 is 1.82. The van der Waals surface area contributed by atoms with Crippen LogP contribution in [0.4, 0.5) is 16.3 Å². The zero-order valence-corrected chi connectivity index (χ0v) is 22.4. The average Bonchev–Trinajstić information content (AvgIpc) is 3.53. The normalized spacial score (nSPS) is 14.4. The van der Waals surface area contributed by atoms with E-state index in [1.54, 1.807) is 0 Å². The number of fused-ring (bicyclic) bond motifs is 2. The summed E-state index contributed by atoms with van der Waals surface area (Å²) in [4.78, 5) is 25.1. The second-order valence-corrected chi connectivity index (χ2v) is 11.1. The molecule has 0 aliphatic carbocycles. The van der Waals surface area contributed by atoms with Crippen molar-refractivity contribution in [2.45, 2.75) is 45.7 Å². The van der Waals surface area contributed by atoms with Crippen LogP contribution in [0.3, 0.4) is 0 Å². The Balaban J connectivity index is 1.22. The molecule has 8 heteroatoms. The minimum Gasteiger partial charge on any atom is -0.348 e. The molecule has 0 saturated carbocycles. The van der Waals surface area contributed by atoms with E-state index in [0.29, 0.717) is 18.1 Å². The van der Waals surface area contributed by atoms with Gasteiger partial charge in [-0.2, -0.15) is 5.10 Å². The van der Waals surface area contributed by atoms with Crippen molar-refractivity contribution < 1.29 is 9.59 Å². The number of urea groups is 1. The number of carbonyl (C=O) groups is 2. The maximum atomic E-state index is 13.1. The van der Waals surface area contributed by atoms with Crippen molar-refractivity contribution in [2.75, 3.05) is 17.2 Å². The lowest BCUT2D eigenvalue weighted by molar-refractivity contribution is 0.0965. The van der Waals surface area contributed by atoms with E-state index in [1.807, 2.05) is 53.2 Å². The van der Waals surface area contributed by atoms with E-state index < -0.39 is 0 Å². The summed E-state index contributed by atoms with van der Waals surface area (Å²) in [7, 11) is 0. The molecule has 0 fully saturated rings. The van der Waals surface area contributed by atoms with Crippen LogP contribution in [0.15, 0.2) is 66.7 Å². The predicted molar refractivity (Wildman–Crippen MR) is 153 cm³/mol. The summed E-state index contributed by atoms with van der Waals surface area (Å²) in [5.41, 5.74) is 8.64. The number of hydrogen-bond acceptors (Lipinski definition) is 4. The molecule has 4 N–H and O–H groups in total. The van der Waals surface area contributed by atoms with Crippen LogP contribution in [0.2, 0.25) is 0 Å². The molecule has 3 amide bonds. The Bertz CT molecular complexity index is 1580.